The van der Waals surface area contributed by atoms with Crippen molar-refractivity contribution in [3.05, 3.63) is 58.9 Å². The smallest absolute Gasteiger partial charge is 0.286 e. The largest absolute Gasteiger partial charge is 0.399 e. The molecule has 0 saturated carbocycles. The van der Waals surface area contributed by atoms with Gasteiger partial charge in [0.1, 0.15) is 5.65 Å². The summed E-state index contributed by atoms with van der Waals surface area (Å²) in [6, 6.07) is 10.4. The summed E-state index contributed by atoms with van der Waals surface area (Å²) >= 11 is 0. The number of nitro groups is 1. The van der Waals surface area contributed by atoms with E-state index in [4.69, 9.17) is 5.73 Å². The van der Waals surface area contributed by atoms with Gasteiger partial charge in [0.05, 0.1) is 16.8 Å². The Balaban J connectivity index is 2.11. The number of fused-ring (bicyclic) bond motifs is 1. The number of benzene rings is 1. The van der Waals surface area contributed by atoms with E-state index in [0.29, 0.717) is 11.3 Å². The van der Waals surface area contributed by atoms with E-state index in [1.807, 2.05) is 12.1 Å². The van der Waals surface area contributed by atoms with Crippen LogP contribution in [0.3, 0.4) is 0 Å². The summed E-state index contributed by atoms with van der Waals surface area (Å²) in [5, 5.41) is 10.7. The molecule has 0 atom stereocenters. The molecule has 0 aliphatic carbocycles. The first kappa shape index (κ1) is 11.2. The van der Waals surface area contributed by atoms with Crippen molar-refractivity contribution in [1.82, 2.24) is 9.38 Å². The van der Waals surface area contributed by atoms with E-state index < -0.39 is 4.92 Å². The molecule has 0 aliphatic rings. The first-order chi connectivity index (χ1) is 9.13. The topological polar surface area (TPSA) is 86.5 Å². The third-order valence-corrected chi connectivity index (χ3v) is 2.85. The van der Waals surface area contributed by atoms with Gasteiger partial charge >= 0.3 is 0 Å². The maximum Gasteiger partial charge on any atom is 0.286 e. The molecule has 0 aliphatic heterocycles. The van der Waals surface area contributed by atoms with Crippen LogP contribution in [0.1, 0.15) is 0 Å². The fraction of sp³-hybridized carbons (Fsp3) is 0. The van der Waals surface area contributed by atoms with Crippen LogP contribution in [0.25, 0.3) is 16.9 Å². The van der Waals surface area contributed by atoms with E-state index in [1.54, 1.807) is 28.8 Å². The minimum Gasteiger partial charge on any atom is -0.399 e. The zero-order valence-corrected chi connectivity index (χ0v) is 9.85. The minimum atomic E-state index is -0.428. The van der Waals surface area contributed by atoms with Gasteiger partial charge in [-0.25, -0.2) is 4.98 Å². The minimum absolute atomic E-state index is 0.0359. The Morgan fingerprint density at radius 1 is 1.11 bits per heavy atom. The summed E-state index contributed by atoms with van der Waals surface area (Å²) in [5.74, 6) is 0. The third-order valence-electron chi connectivity index (χ3n) is 2.85. The monoisotopic (exact) mass is 254 g/mol. The highest BCUT2D eigenvalue weighted by Crippen LogP contribution is 2.21. The fourth-order valence-corrected chi connectivity index (χ4v) is 1.88. The molecule has 0 saturated heterocycles. The Morgan fingerprint density at radius 2 is 1.84 bits per heavy atom. The van der Waals surface area contributed by atoms with Crippen molar-refractivity contribution in [2.75, 3.05) is 5.73 Å². The first-order valence-electron chi connectivity index (χ1n) is 5.62. The number of pyridine rings is 1. The Kier molecular flexibility index (Phi) is 2.42. The molecule has 6 heteroatoms. The second-order valence-corrected chi connectivity index (χ2v) is 4.16. The Labute approximate surface area is 108 Å². The van der Waals surface area contributed by atoms with Crippen LogP contribution in [0, 0.1) is 10.1 Å². The van der Waals surface area contributed by atoms with E-state index in [1.165, 1.54) is 12.3 Å². The molecule has 0 bridgehead atoms. The summed E-state index contributed by atoms with van der Waals surface area (Å²) < 4.78 is 1.64. The maximum atomic E-state index is 10.7. The maximum absolute atomic E-state index is 10.7. The molecule has 2 N–H and O–H groups in total. The van der Waals surface area contributed by atoms with Gasteiger partial charge in [-0.05, 0) is 18.2 Å². The van der Waals surface area contributed by atoms with Crippen molar-refractivity contribution in [2.24, 2.45) is 0 Å². The predicted molar refractivity (Wildman–Crippen MR) is 71.7 cm³/mol. The molecule has 0 amide bonds. The molecule has 2 aromatic heterocycles. The van der Waals surface area contributed by atoms with Crippen molar-refractivity contribution in [3.8, 4) is 11.3 Å². The van der Waals surface area contributed by atoms with Gasteiger partial charge in [0.15, 0.2) is 0 Å². The van der Waals surface area contributed by atoms with Gasteiger partial charge < -0.3 is 5.73 Å². The molecule has 6 nitrogen and oxygen atoms in total. The van der Waals surface area contributed by atoms with Gasteiger partial charge in [-0.15, -0.1) is 0 Å². The van der Waals surface area contributed by atoms with E-state index >= 15 is 0 Å². The van der Waals surface area contributed by atoms with Gasteiger partial charge in [0.2, 0.25) is 0 Å². The number of nitrogen functional groups attached to an aromatic ring is 1. The number of anilines is 1. The first-order valence-corrected chi connectivity index (χ1v) is 5.62. The molecule has 3 aromatic rings. The van der Waals surface area contributed by atoms with Gasteiger partial charge in [-0.3, -0.25) is 14.5 Å². The van der Waals surface area contributed by atoms with E-state index in [9.17, 15) is 10.1 Å². The van der Waals surface area contributed by atoms with Crippen molar-refractivity contribution in [3.63, 3.8) is 0 Å². The van der Waals surface area contributed by atoms with Crippen molar-refractivity contribution in [1.29, 1.82) is 0 Å². The second kappa shape index (κ2) is 4.09. The molecule has 0 unspecified atom stereocenters. The zero-order chi connectivity index (χ0) is 13.4. The van der Waals surface area contributed by atoms with Gasteiger partial charge in [0.25, 0.3) is 5.69 Å². The normalized spacial score (nSPS) is 10.7. The molecule has 0 fully saturated rings. The predicted octanol–water partition coefficient (Wildman–Crippen LogP) is 2.49. The SMILES string of the molecule is Nc1ccc(-c2cn3cc([N+](=O)[O-])ccc3n2)cc1. The lowest BCUT2D eigenvalue weighted by atomic mass is 10.1. The summed E-state index contributed by atoms with van der Waals surface area (Å²) in [5.41, 5.74) is 8.68. The molecular weight excluding hydrogens is 244 g/mol. The summed E-state index contributed by atoms with van der Waals surface area (Å²) in [6.45, 7) is 0. The van der Waals surface area contributed by atoms with Crippen LogP contribution in [0.15, 0.2) is 48.8 Å². The highest BCUT2D eigenvalue weighted by molar-refractivity contribution is 5.65. The quantitative estimate of drug-likeness (QED) is 0.432. The van der Waals surface area contributed by atoms with Crippen LogP contribution in [0.4, 0.5) is 11.4 Å². The highest BCUT2D eigenvalue weighted by atomic mass is 16.6. The second-order valence-electron chi connectivity index (χ2n) is 4.16. The van der Waals surface area contributed by atoms with E-state index in [-0.39, 0.29) is 5.69 Å². The molecule has 19 heavy (non-hydrogen) atoms. The Hall–Kier alpha value is -2.89. The average molecular weight is 254 g/mol. The molecular formula is C13H10N4O2. The van der Waals surface area contributed by atoms with Crippen LogP contribution in [0.5, 0.6) is 0 Å². The number of nitrogens with zero attached hydrogens (tertiary/aromatic N) is 3. The lowest BCUT2D eigenvalue weighted by Crippen LogP contribution is -1.90. The Morgan fingerprint density at radius 3 is 2.53 bits per heavy atom. The van der Waals surface area contributed by atoms with Crippen LogP contribution in [-0.2, 0) is 0 Å². The summed E-state index contributed by atoms with van der Waals surface area (Å²) in [7, 11) is 0. The number of nitrogens with two attached hydrogens (primary N) is 1. The van der Waals surface area contributed by atoms with Crippen molar-refractivity contribution in [2.45, 2.75) is 0 Å². The number of hydrogen-bond acceptors (Lipinski definition) is 4. The Bertz CT molecular complexity index is 762. The molecule has 3 rings (SSSR count). The van der Waals surface area contributed by atoms with Gasteiger partial charge in [0, 0.05) is 23.5 Å². The standard InChI is InChI=1S/C13H10N4O2/c14-10-3-1-9(2-4-10)12-8-16-7-11(17(18)19)5-6-13(16)15-12/h1-8H,14H2. The molecule has 2 heterocycles. The number of hydrogen-bond donors (Lipinski definition) is 1. The van der Waals surface area contributed by atoms with Gasteiger partial charge in [-0.1, -0.05) is 12.1 Å². The average Bonchev–Trinajstić information content (AvgIpc) is 2.82. The highest BCUT2D eigenvalue weighted by Gasteiger charge is 2.09. The van der Waals surface area contributed by atoms with Crippen LogP contribution in [-0.4, -0.2) is 14.3 Å². The fourth-order valence-electron chi connectivity index (χ4n) is 1.88. The summed E-state index contributed by atoms with van der Waals surface area (Å²) in [6.07, 6.45) is 3.21. The number of imidazole rings is 1. The van der Waals surface area contributed by atoms with E-state index in [0.717, 1.165) is 11.3 Å². The number of rotatable bonds is 2. The van der Waals surface area contributed by atoms with Crippen LogP contribution in [0.2, 0.25) is 0 Å². The lowest BCUT2D eigenvalue weighted by molar-refractivity contribution is -0.385. The molecule has 0 spiro atoms. The number of aromatic nitrogens is 2. The van der Waals surface area contributed by atoms with E-state index in [2.05, 4.69) is 4.98 Å². The molecule has 1 aromatic carbocycles. The van der Waals surface area contributed by atoms with Crippen LogP contribution < -0.4 is 5.73 Å². The molecule has 0 radical (unpaired) electrons. The van der Waals surface area contributed by atoms with Crippen molar-refractivity contribution < 1.29 is 4.92 Å². The van der Waals surface area contributed by atoms with Gasteiger partial charge in [-0.2, -0.15) is 0 Å². The zero-order valence-electron chi connectivity index (χ0n) is 9.85. The van der Waals surface area contributed by atoms with Crippen molar-refractivity contribution >= 4 is 17.0 Å². The third kappa shape index (κ3) is 1.99. The molecule has 94 valence electrons. The van der Waals surface area contributed by atoms with Crippen LogP contribution >= 0.6 is 0 Å². The summed E-state index contributed by atoms with van der Waals surface area (Å²) in [4.78, 5) is 14.7. The lowest BCUT2D eigenvalue weighted by Gasteiger charge is -1.96.